The lowest BCUT2D eigenvalue weighted by atomic mass is 9.92. The second-order valence-corrected chi connectivity index (χ2v) is 10.2. The minimum atomic E-state index is -1.04. The van der Waals surface area contributed by atoms with E-state index in [1.807, 2.05) is 42.5 Å². The number of furan rings is 1. The summed E-state index contributed by atoms with van der Waals surface area (Å²) in [5, 5.41) is 10.7. The molecule has 0 amide bonds. The Kier molecular flexibility index (Phi) is 10.6. The molecule has 0 atom stereocenters. The minimum Gasteiger partial charge on any atom is -0.492 e. The van der Waals surface area contributed by atoms with Gasteiger partial charge < -0.3 is 23.7 Å². The summed E-state index contributed by atoms with van der Waals surface area (Å²) in [5.41, 5.74) is 3.47. The van der Waals surface area contributed by atoms with Crippen molar-refractivity contribution < 1.29 is 23.7 Å². The number of unbranched alkanes of at least 4 members (excludes halogenated alkanes) is 3. The zero-order valence-corrected chi connectivity index (χ0v) is 23.5. The molecule has 0 bridgehead atoms. The van der Waals surface area contributed by atoms with Gasteiger partial charge in [-0.1, -0.05) is 46.1 Å². The predicted octanol–water partition coefficient (Wildman–Crippen LogP) is 6.80. The molecule has 2 aromatic carbocycles. The summed E-state index contributed by atoms with van der Waals surface area (Å²) in [6, 6.07) is 14.0. The van der Waals surface area contributed by atoms with E-state index < -0.39 is 5.79 Å². The van der Waals surface area contributed by atoms with E-state index in [9.17, 15) is 5.11 Å². The Bertz CT molecular complexity index is 1110. The average molecular weight is 524 g/mol. The summed E-state index contributed by atoms with van der Waals surface area (Å²) >= 11 is 0. The van der Waals surface area contributed by atoms with E-state index in [4.69, 9.17) is 18.6 Å². The maximum absolute atomic E-state index is 9.79. The lowest BCUT2D eigenvalue weighted by Gasteiger charge is -2.29. The van der Waals surface area contributed by atoms with Crippen molar-refractivity contribution in [1.29, 1.82) is 0 Å². The van der Waals surface area contributed by atoms with Crippen LogP contribution in [-0.2, 0) is 28.3 Å². The van der Waals surface area contributed by atoms with Crippen LogP contribution in [0.25, 0.3) is 11.0 Å². The van der Waals surface area contributed by atoms with E-state index in [1.54, 1.807) is 0 Å². The van der Waals surface area contributed by atoms with Gasteiger partial charge in [-0.15, -0.1) is 0 Å². The first-order valence-corrected chi connectivity index (χ1v) is 14.5. The van der Waals surface area contributed by atoms with Crippen LogP contribution in [0.4, 0.5) is 0 Å². The molecule has 0 radical (unpaired) electrons. The van der Waals surface area contributed by atoms with Crippen LogP contribution in [0.3, 0.4) is 0 Å². The monoisotopic (exact) mass is 523 g/mol. The van der Waals surface area contributed by atoms with Crippen molar-refractivity contribution >= 4 is 11.0 Å². The molecule has 1 N–H and O–H groups in total. The Balaban J connectivity index is 1.57. The van der Waals surface area contributed by atoms with Gasteiger partial charge in [0.15, 0.2) is 0 Å². The number of nitrogens with zero attached hydrogens (tertiary/aromatic N) is 1. The lowest BCUT2D eigenvalue weighted by Crippen LogP contribution is -2.30. The third-order valence-electron chi connectivity index (χ3n) is 7.35. The molecular formula is C32H45NO5. The van der Waals surface area contributed by atoms with Crippen LogP contribution in [-0.4, -0.2) is 49.5 Å². The van der Waals surface area contributed by atoms with Crippen molar-refractivity contribution in [2.45, 2.75) is 78.1 Å². The number of hydrogen-bond acceptors (Lipinski definition) is 6. The van der Waals surface area contributed by atoms with Gasteiger partial charge in [0.25, 0.3) is 0 Å². The highest BCUT2D eigenvalue weighted by molar-refractivity contribution is 5.84. The summed E-state index contributed by atoms with van der Waals surface area (Å²) in [7, 11) is 0. The van der Waals surface area contributed by atoms with Crippen LogP contribution in [0.2, 0.25) is 0 Å². The van der Waals surface area contributed by atoms with Gasteiger partial charge in [0.1, 0.15) is 23.7 Å². The quantitative estimate of drug-likeness (QED) is 0.223. The topological polar surface area (TPSA) is 64.3 Å². The molecule has 6 heteroatoms. The molecule has 208 valence electrons. The summed E-state index contributed by atoms with van der Waals surface area (Å²) in [6.45, 7) is 11.5. The molecule has 3 aromatic rings. The molecule has 2 heterocycles. The van der Waals surface area contributed by atoms with Crippen LogP contribution < -0.4 is 4.74 Å². The highest BCUT2D eigenvalue weighted by Gasteiger charge is 2.45. The van der Waals surface area contributed by atoms with Crippen LogP contribution in [0.15, 0.2) is 46.9 Å². The van der Waals surface area contributed by atoms with Crippen molar-refractivity contribution in [3.63, 3.8) is 0 Å². The maximum Gasteiger partial charge on any atom is 0.226 e. The fourth-order valence-electron chi connectivity index (χ4n) is 5.20. The SMILES string of the molecule is CCCCc1oc2ccc(CO)cc2c1C1(c2ccc(OCCN(CCCC)CCCC)cc2)OCCO1. The van der Waals surface area contributed by atoms with E-state index in [0.717, 1.165) is 78.1 Å². The molecule has 1 aliphatic rings. The van der Waals surface area contributed by atoms with Gasteiger partial charge in [0, 0.05) is 23.9 Å². The number of hydrogen-bond donors (Lipinski definition) is 1. The second-order valence-electron chi connectivity index (χ2n) is 10.2. The average Bonchev–Trinajstić information content (AvgIpc) is 3.58. The van der Waals surface area contributed by atoms with E-state index in [0.29, 0.717) is 19.8 Å². The smallest absolute Gasteiger partial charge is 0.226 e. The molecule has 0 spiro atoms. The van der Waals surface area contributed by atoms with Gasteiger partial charge in [-0.25, -0.2) is 0 Å². The molecule has 0 saturated carbocycles. The molecule has 38 heavy (non-hydrogen) atoms. The Morgan fingerprint density at radius 2 is 1.55 bits per heavy atom. The van der Waals surface area contributed by atoms with E-state index in [-0.39, 0.29) is 6.61 Å². The Hall–Kier alpha value is -2.38. The number of aryl methyl sites for hydroxylation is 1. The number of fused-ring (bicyclic) bond motifs is 1. The Morgan fingerprint density at radius 1 is 0.868 bits per heavy atom. The van der Waals surface area contributed by atoms with Crippen molar-refractivity contribution in [2.75, 3.05) is 39.5 Å². The van der Waals surface area contributed by atoms with Gasteiger partial charge in [0.05, 0.1) is 25.4 Å². The molecule has 6 nitrogen and oxygen atoms in total. The largest absolute Gasteiger partial charge is 0.492 e. The van der Waals surface area contributed by atoms with E-state index in [1.165, 1.54) is 25.7 Å². The van der Waals surface area contributed by atoms with Gasteiger partial charge in [-0.05, 0) is 74.3 Å². The van der Waals surface area contributed by atoms with Gasteiger partial charge in [0.2, 0.25) is 5.79 Å². The summed E-state index contributed by atoms with van der Waals surface area (Å²) in [5.74, 6) is 0.690. The van der Waals surface area contributed by atoms with Crippen LogP contribution in [0.1, 0.15) is 81.7 Å². The highest BCUT2D eigenvalue weighted by atomic mass is 16.7. The first-order chi connectivity index (χ1) is 18.6. The Labute approximate surface area is 227 Å². The molecule has 1 fully saturated rings. The number of rotatable bonds is 16. The van der Waals surface area contributed by atoms with E-state index in [2.05, 4.69) is 25.7 Å². The zero-order chi connectivity index (χ0) is 26.8. The predicted molar refractivity (Wildman–Crippen MR) is 152 cm³/mol. The standard InChI is InChI=1S/C32H45NO5/c1-4-7-10-30-31(28-23-25(24-34)11-16-29(28)38-30)32(36-21-22-37-32)26-12-14-27(15-13-26)35-20-19-33(17-8-5-2)18-9-6-3/h11-16,23,34H,4-10,17-22,24H2,1-3H3. The molecular weight excluding hydrogens is 478 g/mol. The second kappa shape index (κ2) is 14.1. The van der Waals surface area contributed by atoms with Crippen LogP contribution in [0, 0.1) is 0 Å². The Morgan fingerprint density at radius 3 is 2.18 bits per heavy atom. The van der Waals surface area contributed by atoms with E-state index >= 15 is 0 Å². The zero-order valence-electron chi connectivity index (χ0n) is 23.5. The van der Waals surface area contributed by atoms with Crippen LogP contribution >= 0.6 is 0 Å². The van der Waals surface area contributed by atoms with Crippen molar-refractivity contribution in [3.05, 3.63) is 64.9 Å². The van der Waals surface area contributed by atoms with Crippen molar-refractivity contribution in [2.24, 2.45) is 0 Å². The van der Waals surface area contributed by atoms with Crippen molar-refractivity contribution in [3.8, 4) is 5.75 Å². The van der Waals surface area contributed by atoms with Gasteiger partial charge in [-0.3, -0.25) is 4.90 Å². The number of aliphatic hydroxyl groups excluding tert-OH is 1. The molecule has 1 aliphatic heterocycles. The summed E-state index contributed by atoms with van der Waals surface area (Å²) < 4.78 is 25.3. The summed E-state index contributed by atoms with van der Waals surface area (Å²) in [4.78, 5) is 2.51. The molecule has 0 unspecified atom stereocenters. The fraction of sp³-hybridized carbons (Fsp3) is 0.562. The highest BCUT2D eigenvalue weighted by Crippen LogP contribution is 2.45. The van der Waals surface area contributed by atoms with Crippen LogP contribution in [0.5, 0.6) is 5.75 Å². The fourth-order valence-corrected chi connectivity index (χ4v) is 5.20. The number of aliphatic hydroxyl groups is 1. The number of benzene rings is 2. The van der Waals surface area contributed by atoms with Gasteiger partial charge >= 0.3 is 0 Å². The molecule has 0 aliphatic carbocycles. The molecule has 4 rings (SSSR count). The summed E-state index contributed by atoms with van der Waals surface area (Å²) in [6.07, 6.45) is 7.75. The minimum absolute atomic E-state index is 0.0279. The third kappa shape index (κ3) is 6.60. The van der Waals surface area contributed by atoms with Gasteiger partial charge in [-0.2, -0.15) is 0 Å². The molecule has 1 aromatic heterocycles. The lowest BCUT2D eigenvalue weighted by molar-refractivity contribution is -0.129. The first-order valence-electron chi connectivity index (χ1n) is 14.5. The maximum atomic E-state index is 9.79. The van der Waals surface area contributed by atoms with Crippen molar-refractivity contribution in [1.82, 2.24) is 4.90 Å². The number of ether oxygens (including phenoxy) is 3. The first kappa shape index (κ1) is 28.6. The molecule has 1 saturated heterocycles. The third-order valence-corrected chi connectivity index (χ3v) is 7.35. The normalized spacial score (nSPS) is 15.1.